The molecular formula is C21H23N5O3S. The fraction of sp³-hybridized carbons (Fsp3) is 0.333. The summed E-state index contributed by atoms with van der Waals surface area (Å²) < 4.78 is 4.63. The van der Waals surface area contributed by atoms with Crippen LogP contribution in [0.15, 0.2) is 51.4 Å². The second-order valence-corrected chi connectivity index (χ2v) is 8.55. The molecule has 8 nitrogen and oxygen atoms in total. The first-order chi connectivity index (χ1) is 14.4. The minimum Gasteiger partial charge on any atom is -0.314 e. The number of hydrogen-bond donors (Lipinski definition) is 0. The van der Waals surface area contributed by atoms with Crippen LogP contribution in [0.3, 0.4) is 0 Å². The summed E-state index contributed by atoms with van der Waals surface area (Å²) in [5, 5.41) is 6.17. The van der Waals surface area contributed by atoms with Crippen molar-refractivity contribution in [3.05, 3.63) is 62.6 Å². The fourth-order valence-corrected chi connectivity index (χ4v) is 4.18. The van der Waals surface area contributed by atoms with Crippen LogP contribution in [0.4, 0.5) is 5.69 Å². The van der Waals surface area contributed by atoms with Gasteiger partial charge in [-0.15, -0.1) is 16.4 Å². The van der Waals surface area contributed by atoms with Crippen molar-refractivity contribution >= 4 is 38.9 Å². The van der Waals surface area contributed by atoms with Gasteiger partial charge in [0.05, 0.1) is 5.52 Å². The highest BCUT2D eigenvalue weighted by molar-refractivity contribution is 7.17. The van der Waals surface area contributed by atoms with Crippen molar-refractivity contribution < 1.29 is 4.79 Å². The molecule has 30 heavy (non-hydrogen) atoms. The van der Waals surface area contributed by atoms with Crippen molar-refractivity contribution in [2.24, 2.45) is 5.92 Å². The number of likely N-dealkylation sites (N-methyl/N-ethyl adjacent to an activating group) is 1. The predicted molar refractivity (Wildman–Crippen MR) is 118 cm³/mol. The number of benzene rings is 1. The number of hydrogen-bond acceptors (Lipinski definition) is 5. The highest BCUT2D eigenvalue weighted by Gasteiger charge is 2.20. The molecule has 0 spiro atoms. The van der Waals surface area contributed by atoms with E-state index >= 15 is 0 Å². The number of aryl methyl sites for hydroxylation is 1. The Morgan fingerprint density at radius 3 is 2.60 bits per heavy atom. The van der Waals surface area contributed by atoms with Crippen LogP contribution in [-0.2, 0) is 17.9 Å². The molecule has 9 heteroatoms. The minimum absolute atomic E-state index is 0.155. The Balaban J connectivity index is 1.79. The third-order valence-corrected chi connectivity index (χ3v) is 6.01. The predicted octanol–water partition coefficient (Wildman–Crippen LogP) is 2.58. The lowest BCUT2D eigenvalue weighted by atomic mass is 10.1. The van der Waals surface area contributed by atoms with E-state index in [1.54, 1.807) is 23.1 Å². The fourth-order valence-electron chi connectivity index (χ4n) is 3.36. The Hall–Kier alpha value is -3.20. The Kier molecular flexibility index (Phi) is 5.29. The van der Waals surface area contributed by atoms with E-state index in [0.29, 0.717) is 22.7 Å². The van der Waals surface area contributed by atoms with Gasteiger partial charge in [-0.1, -0.05) is 32.0 Å². The topological polar surface area (TPSA) is 81.6 Å². The van der Waals surface area contributed by atoms with Gasteiger partial charge in [-0.25, -0.2) is 13.9 Å². The largest absolute Gasteiger partial charge is 0.352 e. The van der Waals surface area contributed by atoms with Crippen LogP contribution in [0.5, 0.6) is 0 Å². The van der Waals surface area contributed by atoms with Gasteiger partial charge in [-0.3, -0.25) is 14.2 Å². The van der Waals surface area contributed by atoms with Gasteiger partial charge in [0.15, 0.2) is 0 Å². The maximum absolute atomic E-state index is 13.1. The lowest BCUT2D eigenvalue weighted by Gasteiger charge is -2.16. The van der Waals surface area contributed by atoms with Crippen LogP contribution in [0.2, 0.25) is 0 Å². The van der Waals surface area contributed by atoms with Crippen LogP contribution >= 0.6 is 11.3 Å². The third-order valence-electron chi connectivity index (χ3n) is 5.12. The molecule has 0 radical (unpaired) electrons. The molecule has 0 N–H and O–H groups in total. The molecule has 0 aliphatic heterocycles. The molecule has 0 aliphatic carbocycles. The van der Waals surface area contributed by atoms with Gasteiger partial charge in [0, 0.05) is 19.3 Å². The first-order valence-electron chi connectivity index (χ1n) is 9.79. The van der Waals surface area contributed by atoms with Crippen molar-refractivity contribution in [3.63, 3.8) is 0 Å². The molecule has 0 unspecified atom stereocenters. The first kappa shape index (κ1) is 20.1. The van der Waals surface area contributed by atoms with E-state index in [4.69, 9.17) is 0 Å². The van der Waals surface area contributed by atoms with Crippen molar-refractivity contribution in [3.8, 4) is 0 Å². The van der Waals surface area contributed by atoms with E-state index in [-0.39, 0.29) is 23.8 Å². The van der Waals surface area contributed by atoms with Crippen molar-refractivity contribution in [1.29, 1.82) is 0 Å². The molecule has 0 saturated heterocycles. The van der Waals surface area contributed by atoms with E-state index in [2.05, 4.69) is 18.9 Å². The Labute approximate surface area is 176 Å². The van der Waals surface area contributed by atoms with Crippen molar-refractivity contribution in [2.75, 3.05) is 11.9 Å². The summed E-state index contributed by atoms with van der Waals surface area (Å²) in [5.41, 5.74) is 0.675. The molecule has 3 heterocycles. The number of amides is 1. The van der Waals surface area contributed by atoms with Gasteiger partial charge in [-0.05, 0) is 35.9 Å². The summed E-state index contributed by atoms with van der Waals surface area (Å²) in [5.74, 6) is 0.391. The van der Waals surface area contributed by atoms with E-state index in [0.717, 1.165) is 16.8 Å². The maximum atomic E-state index is 13.1. The van der Waals surface area contributed by atoms with Crippen LogP contribution in [0.25, 0.3) is 16.0 Å². The molecule has 0 saturated carbocycles. The van der Waals surface area contributed by atoms with Gasteiger partial charge < -0.3 is 4.90 Å². The average molecular weight is 426 g/mol. The maximum Gasteiger partial charge on any atom is 0.352 e. The molecule has 4 rings (SSSR count). The highest BCUT2D eigenvalue weighted by Crippen LogP contribution is 2.18. The van der Waals surface area contributed by atoms with Crippen LogP contribution in [0.1, 0.15) is 20.3 Å². The highest BCUT2D eigenvalue weighted by atomic mass is 32.1. The molecular weight excluding hydrogens is 402 g/mol. The summed E-state index contributed by atoms with van der Waals surface area (Å²) >= 11 is 1.31. The van der Waals surface area contributed by atoms with Crippen molar-refractivity contribution in [1.82, 2.24) is 18.7 Å². The number of para-hydroxylation sites is 1. The molecule has 0 aliphatic rings. The van der Waals surface area contributed by atoms with E-state index < -0.39 is 5.69 Å². The van der Waals surface area contributed by atoms with Gasteiger partial charge in [0.1, 0.15) is 11.2 Å². The number of anilines is 1. The number of carbonyl (C=O) groups is 1. The molecule has 0 atom stereocenters. The van der Waals surface area contributed by atoms with Gasteiger partial charge in [0.25, 0.3) is 5.56 Å². The van der Waals surface area contributed by atoms with Crippen LogP contribution < -0.4 is 16.1 Å². The quantitative estimate of drug-likeness (QED) is 0.475. The smallest absolute Gasteiger partial charge is 0.314 e. The van der Waals surface area contributed by atoms with Gasteiger partial charge in [0.2, 0.25) is 11.7 Å². The number of fused-ring (bicyclic) bond motifs is 3. The zero-order valence-electron chi connectivity index (χ0n) is 17.1. The minimum atomic E-state index is -0.429. The normalized spacial score (nSPS) is 11.6. The summed E-state index contributed by atoms with van der Waals surface area (Å²) in [6.07, 6.45) is 0.781. The number of nitrogens with zero attached hydrogens (tertiary/aromatic N) is 5. The molecule has 156 valence electrons. The van der Waals surface area contributed by atoms with Crippen LogP contribution in [-0.4, -0.2) is 31.7 Å². The molecule has 0 bridgehead atoms. The van der Waals surface area contributed by atoms with E-state index in [1.165, 1.54) is 20.6 Å². The summed E-state index contributed by atoms with van der Waals surface area (Å²) in [6, 6.07) is 10.9. The number of aromatic nitrogens is 4. The number of thiophene rings is 1. The van der Waals surface area contributed by atoms with Crippen LogP contribution in [0, 0.1) is 5.92 Å². The molecule has 4 aromatic rings. The standard InChI is InChI=1S/C21H23N5O3S/c1-14(2)9-11-24-19(28)18-16(10-12-30-18)26-20(24)22-25(21(26)29)13-17(27)23(3)15-7-5-4-6-8-15/h4-8,10,12,14H,9,11,13H2,1-3H3. The van der Waals surface area contributed by atoms with Crippen molar-refractivity contribution in [2.45, 2.75) is 33.4 Å². The van der Waals surface area contributed by atoms with E-state index in [9.17, 15) is 14.4 Å². The Morgan fingerprint density at radius 2 is 1.90 bits per heavy atom. The van der Waals surface area contributed by atoms with Gasteiger partial charge >= 0.3 is 5.69 Å². The Morgan fingerprint density at radius 1 is 1.17 bits per heavy atom. The number of carbonyl (C=O) groups excluding carboxylic acids is 1. The first-order valence-corrected chi connectivity index (χ1v) is 10.7. The lowest BCUT2D eigenvalue weighted by molar-refractivity contribution is -0.119. The summed E-state index contributed by atoms with van der Waals surface area (Å²) in [6.45, 7) is 4.40. The summed E-state index contributed by atoms with van der Waals surface area (Å²) in [7, 11) is 1.66. The third kappa shape index (κ3) is 3.45. The number of rotatable bonds is 6. The molecule has 1 aromatic carbocycles. The molecule has 0 fully saturated rings. The van der Waals surface area contributed by atoms with Gasteiger partial charge in [-0.2, -0.15) is 0 Å². The Bertz CT molecular complexity index is 1330. The zero-order chi connectivity index (χ0) is 21.4. The average Bonchev–Trinajstić information content (AvgIpc) is 3.33. The lowest BCUT2D eigenvalue weighted by Crippen LogP contribution is -2.34. The zero-order valence-corrected chi connectivity index (χ0v) is 17.9. The molecule has 1 amide bonds. The second-order valence-electron chi connectivity index (χ2n) is 7.64. The summed E-state index contributed by atoms with van der Waals surface area (Å²) in [4.78, 5) is 40.4. The SMILES string of the molecule is CC(C)CCn1c(=O)c2sccc2n2c(=O)n(CC(=O)N(C)c3ccccc3)nc12. The van der Waals surface area contributed by atoms with E-state index in [1.807, 2.05) is 30.3 Å². The molecule has 3 aromatic heterocycles. The second kappa shape index (κ2) is 7.91. The monoisotopic (exact) mass is 425 g/mol.